The van der Waals surface area contributed by atoms with Crippen LogP contribution in [0.15, 0.2) is 11.8 Å². The summed E-state index contributed by atoms with van der Waals surface area (Å²) in [7, 11) is 0. The van der Waals surface area contributed by atoms with Gasteiger partial charge >= 0.3 is 0 Å². The van der Waals surface area contributed by atoms with Gasteiger partial charge in [-0.15, -0.1) is 0 Å². The molecule has 1 rings (SSSR count). The standard InChI is InChI=1S/C10H19NO2/c1-9-3-4-10(2)13-8-6-11-5-7-12-9/h3,10-11H,4-8H2,1-2H3/b9-3-/t10-/m1/s1. The number of rotatable bonds is 0. The van der Waals surface area contributed by atoms with E-state index in [1.165, 1.54) is 0 Å². The first kappa shape index (κ1) is 10.5. The van der Waals surface area contributed by atoms with Crippen molar-refractivity contribution in [3.05, 3.63) is 11.8 Å². The molecule has 76 valence electrons. The highest BCUT2D eigenvalue weighted by molar-refractivity contribution is 4.90. The Balaban J connectivity index is 2.36. The summed E-state index contributed by atoms with van der Waals surface area (Å²) in [6.07, 6.45) is 3.32. The summed E-state index contributed by atoms with van der Waals surface area (Å²) in [6, 6.07) is 0. The summed E-state index contributed by atoms with van der Waals surface area (Å²) in [6.45, 7) is 7.41. The van der Waals surface area contributed by atoms with E-state index in [0.29, 0.717) is 6.10 Å². The summed E-state index contributed by atoms with van der Waals surface area (Å²) in [5.74, 6) is 0.999. The molecule has 0 aromatic rings. The van der Waals surface area contributed by atoms with Crippen molar-refractivity contribution in [3.8, 4) is 0 Å². The van der Waals surface area contributed by atoms with Crippen molar-refractivity contribution in [2.45, 2.75) is 26.4 Å². The Bertz CT molecular complexity index is 168. The smallest absolute Gasteiger partial charge is 0.100 e. The van der Waals surface area contributed by atoms with E-state index in [4.69, 9.17) is 9.47 Å². The fraction of sp³-hybridized carbons (Fsp3) is 0.800. The van der Waals surface area contributed by atoms with E-state index < -0.39 is 0 Å². The van der Waals surface area contributed by atoms with Gasteiger partial charge in [0.2, 0.25) is 0 Å². The number of nitrogens with one attached hydrogen (secondary N) is 1. The third kappa shape index (κ3) is 4.90. The van der Waals surface area contributed by atoms with Crippen LogP contribution in [-0.4, -0.2) is 32.4 Å². The monoisotopic (exact) mass is 185 g/mol. The van der Waals surface area contributed by atoms with Gasteiger partial charge < -0.3 is 14.8 Å². The van der Waals surface area contributed by atoms with Crippen molar-refractivity contribution in [2.24, 2.45) is 0 Å². The van der Waals surface area contributed by atoms with Crippen molar-refractivity contribution >= 4 is 0 Å². The molecule has 0 fully saturated rings. The van der Waals surface area contributed by atoms with Crippen molar-refractivity contribution in [1.82, 2.24) is 5.32 Å². The average molecular weight is 185 g/mol. The summed E-state index contributed by atoms with van der Waals surface area (Å²) < 4.78 is 11.0. The van der Waals surface area contributed by atoms with Crippen LogP contribution < -0.4 is 5.32 Å². The fourth-order valence-electron chi connectivity index (χ4n) is 1.20. The first-order valence-electron chi connectivity index (χ1n) is 4.91. The van der Waals surface area contributed by atoms with E-state index in [0.717, 1.165) is 38.5 Å². The maximum Gasteiger partial charge on any atom is 0.100 e. The lowest BCUT2D eigenvalue weighted by Crippen LogP contribution is -2.24. The predicted octanol–water partition coefficient (Wildman–Crippen LogP) is 1.31. The molecule has 0 spiro atoms. The Hall–Kier alpha value is -0.540. The molecule has 1 heterocycles. The molecule has 1 atom stereocenters. The molecule has 0 saturated heterocycles. The summed E-state index contributed by atoms with van der Waals surface area (Å²) in [4.78, 5) is 0. The van der Waals surface area contributed by atoms with Crippen molar-refractivity contribution in [2.75, 3.05) is 26.3 Å². The molecule has 0 aliphatic carbocycles. The largest absolute Gasteiger partial charge is 0.497 e. The van der Waals surface area contributed by atoms with Gasteiger partial charge in [-0.2, -0.15) is 0 Å². The van der Waals surface area contributed by atoms with Gasteiger partial charge in [0.25, 0.3) is 0 Å². The zero-order valence-electron chi connectivity index (χ0n) is 8.51. The minimum absolute atomic E-state index is 0.290. The molecule has 0 amide bonds. The Morgan fingerprint density at radius 2 is 2.15 bits per heavy atom. The SMILES string of the molecule is C/C1=C/C[C@@H](C)OCCNCCO1. The van der Waals surface area contributed by atoms with Gasteiger partial charge in [0.05, 0.1) is 18.5 Å². The molecule has 0 aromatic carbocycles. The molecule has 0 unspecified atom stereocenters. The van der Waals surface area contributed by atoms with E-state index >= 15 is 0 Å². The first-order valence-corrected chi connectivity index (χ1v) is 4.91. The highest BCUT2D eigenvalue weighted by atomic mass is 16.5. The summed E-state index contributed by atoms with van der Waals surface area (Å²) in [5.41, 5.74) is 0. The lowest BCUT2D eigenvalue weighted by molar-refractivity contribution is 0.0705. The molecule has 1 aliphatic rings. The molecule has 0 saturated carbocycles. The van der Waals surface area contributed by atoms with E-state index in [2.05, 4.69) is 18.3 Å². The number of hydrogen-bond donors (Lipinski definition) is 1. The minimum atomic E-state index is 0.290. The normalized spacial score (nSPS) is 30.9. The lowest BCUT2D eigenvalue weighted by Gasteiger charge is -2.10. The molecular weight excluding hydrogens is 166 g/mol. The third-order valence-corrected chi connectivity index (χ3v) is 2.03. The maximum atomic E-state index is 5.56. The number of hydrogen-bond acceptors (Lipinski definition) is 3. The molecule has 3 heteroatoms. The molecule has 0 aromatic heterocycles. The van der Waals surface area contributed by atoms with Crippen LogP contribution in [0.25, 0.3) is 0 Å². The van der Waals surface area contributed by atoms with Gasteiger partial charge in [-0.1, -0.05) is 0 Å². The van der Waals surface area contributed by atoms with Crippen LogP contribution >= 0.6 is 0 Å². The zero-order valence-corrected chi connectivity index (χ0v) is 8.51. The molecule has 0 bridgehead atoms. The highest BCUT2D eigenvalue weighted by Crippen LogP contribution is 2.04. The second kappa shape index (κ2) is 6.00. The van der Waals surface area contributed by atoms with E-state index in [1.807, 2.05) is 6.92 Å². The van der Waals surface area contributed by atoms with Crippen LogP contribution in [0.5, 0.6) is 0 Å². The Morgan fingerprint density at radius 1 is 1.38 bits per heavy atom. The van der Waals surface area contributed by atoms with Crippen molar-refractivity contribution in [3.63, 3.8) is 0 Å². The Morgan fingerprint density at radius 3 is 3.00 bits per heavy atom. The van der Waals surface area contributed by atoms with Crippen LogP contribution in [0.1, 0.15) is 20.3 Å². The number of allylic oxidation sites excluding steroid dienone is 1. The van der Waals surface area contributed by atoms with Gasteiger partial charge in [0, 0.05) is 13.1 Å². The average Bonchev–Trinajstić information content (AvgIpc) is 2.15. The molecule has 13 heavy (non-hydrogen) atoms. The third-order valence-electron chi connectivity index (χ3n) is 2.03. The van der Waals surface area contributed by atoms with E-state index in [1.54, 1.807) is 0 Å². The minimum Gasteiger partial charge on any atom is -0.497 e. The molecule has 0 radical (unpaired) electrons. The van der Waals surface area contributed by atoms with Crippen LogP contribution in [0.2, 0.25) is 0 Å². The molecule has 3 nitrogen and oxygen atoms in total. The van der Waals surface area contributed by atoms with Gasteiger partial charge in [-0.3, -0.25) is 0 Å². The van der Waals surface area contributed by atoms with Gasteiger partial charge in [-0.05, 0) is 26.3 Å². The van der Waals surface area contributed by atoms with E-state index in [-0.39, 0.29) is 0 Å². The lowest BCUT2D eigenvalue weighted by atomic mass is 10.2. The van der Waals surface area contributed by atoms with Crippen molar-refractivity contribution in [1.29, 1.82) is 0 Å². The van der Waals surface area contributed by atoms with Crippen molar-refractivity contribution < 1.29 is 9.47 Å². The number of ether oxygens (including phenoxy) is 2. The van der Waals surface area contributed by atoms with Gasteiger partial charge in [0.15, 0.2) is 0 Å². The Labute approximate surface area is 80.1 Å². The quantitative estimate of drug-likeness (QED) is 0.617. The second-order valence-electron chi connectivity index (χ2n) is 3.33. The second-order valence-corrected chi connectivity index (χ2v) is 3.33. The van der Waals surface area contributed by atoms with Crippen LogP contribution in [0.3, 0.4) is 0 Å². The summed E-state index contributed by atoms with van der Waals surface area (Å²) >= 11 is 0. The highest BCUT2D eigenvalue weighted by Gasteiger charge is 2.01. The van der Waals surface area contributed by atoms with Crippen LogP contribution in [-0.2, 0) is 9.47 Å². The molecular formula is C10H19NO2. The molecule has 1 aliphatic heterocycles. The zero-order chi connectivity index (χ0) is 9.52. The predicted molar refractivity (Wildman–Crippen MR) is 52.6 cm³/mol. The van der Waals surface area contributed by atoms with Crippen LogP contribution in [0.4, 0.5) is 0 Å². The van der Waals surface area contributed by atoms with Gasteiger partial charge in [0.1, 0.15) is 6.61 Å². The Kier molecular flexibility index (Phi) is 4.86. The first-order chi connectivity index (χ1) is 6.29. The van der Waals surface area contributed by atoms with E-state index in [9.17, 15) is 0 Å². The van der Waals surface area contributed by atoms with Crippen LogP contribution in [0, 0.1) is 0 Å². The maximum absolute atomic E-state index is 5.56. The fourth-order valence-corrected chi connectivity index (χ4v) is 1.20. The topological polar surface area (TPSA) is 30.5 Å². The molecule has 1 N–H and O–H groups in total. The summed E-state index contributed by atoms with van der Waals surface area (Å²) in [5, 5.41) is 3.25. The van der Waals surface area contributed by atoms with Gasteiger partial charge in [-0.25, -0.2) is 0 Å².